The van der Waals surface area contributed by atoms with Crippen LogP contribution in [0, 0.1) is 0 Å². The summed E-state index contributed by atoms with van der Waals surface area (Å²) in [5.74, 6) is -0.504. The Hall–Kier alpha value is -2.95. The van der Waals surface area contributed by atoms with Crippen molar-refractivity contribution in [3.8, 4) is 11.5 Å². The standard InChI is InChI=1S/C15H11F3N4O3S/c1-24-7-5-8-11(9(6-7)25-2)26-14(20-8)22-13(23)12-19-4-3-10(21-12)15(16,17)18/h3-6H,1-2H3,(H,20,22,23). The highest BCUT2D eigenvalue weighted by atomic mass is 32.1. The molecule has 2 heterocycles. The van der Waals surface area contributed by atoms with Crippen molar-refractivity contribution >= 4 is 32.6 Å². The molecule has 0 fully saturated rings. The molecule has 1 N–H and O–H groups in total. The van der Waals surface area contributed by atoms with Crippen LogP contribution in [0.1, 0.15) is 16.3 Å². The fourth-order valence-electron chi connectivity index (χ4n) is 2.08. The number of carbonyl (C=O) groups is 1. The lowest BCUT2D eigenvalue weighted by molar-refractivity contribution is -0.141. The first-order valence-corrected chi connectivity index (χ1v) is 7.87. The molecule has 26 heavy (non-hydrogen) atoms. The molecule has 0 aliphatic heterocycles. The van der Waals surface area contributed by atoms with Gasteiger partial charge in [-0.3, -0.25) is 10.1 Å². The monoisotopic (exact) mass is 384 g/mol. The summed E-state index contributed by atoms with van der Waals surface area (Å²) in [7, 11) is 2.96. The number of rotatable bonds is 4. The summed E-state index contributed by atoms with van der Waals surface area (Å²) in [6.45, 7) is 0. The van der Waals surface area contributed by atoms with E-state index >= 15 is 0 Å². The first-order valence-electron chi connectivity index (χ1n) is 7.06. The number of fused-ring (bicyclic) bond motifs is 1. The number of nitrogens with one attached hydrogen (secondary N) is 1. The van der Waals surface area contributed by atoms with Gasteiger partial charge in [0, 0.05) is 18.3 Å². The number of amides is 1. The molecule has 0 radical (unpaired) electrons. The van der Waals surface area contributed by atoms with E-state index in [1.165, 1.54) is 14.2 Å². The lowest BCUT2D eigenvalue weighted by Gasteiger charge is -2.06. The lowest BCUT2D eigenvalue weighted by Crippen LogP contribution is -2.18. The van der Waals surface area contributed by atoms with Crippen molar-refractivity contribution < 1.29 is 27.4 Å². The number of hydrogen-bond acceptors (Lipinski definition) is 7. The minimum Gasteiger partial charge on any atom is -0.497 e. The minimum absolute atomic E-state index is 0.164. The van der Waals surface area contributed by atoms with Crippen LogP contribution in [0.4, 0.5) is 18.3 Å². The Balaban J connectivity index is 1.90. The molecule has 0 atom stereocenters. The van der Waals surface area contributed by atoms with E-state index < -0.39 is 23.6 Å². The van der Waals surface area contributed by atoms with E-state index in [4.69, 9.17) is 9.47 Å². The lowest BCUT2D eigenvalue weighted by atomic mass is 10.3. The van der Waals surface area contributed by atoms with Gasteiger partial charge in [-0.1, -0.05) is 11.3 Å². The van der Waals surface area contributed by atoms with Crippen LogP contribution in [0.2, 0.25) is 0 Å². The molecule has 0 unspecified atom stereocenters. The highest BCUT2D eigenvalue weighted by Crippen LogP contribution is 2.37. The SMILES string of the molecule is COc1cc(OC)c2sc(NC(=O)c3nccc(C(F)(F)F)n3)nc2c1. The molecule has 0 aliphatic rings. The van der Waals surface area contributed by atoms with Crippen molar-refractivity contribution in [1.29, 1.82) is 0 Å². The predicted octanol–water partition coefficient (Wildman–Crippen LogP) is 3.37. The van der Waals surface area contributed by atoms with Gasteiger partial charge >= 0.3 is 6.18 Å². The molecular formula is C15H11F3N4O3S. The molecule has 1 aromatic carbocycles. The highest BCUT2D eigenvalue weighted by molar-refractivity contribution is 7.22. The second kappa shape index (κ2) is 6.75. The molecule has 0 aliphatic carbocycles. The van der Waals surface area contributed by atoms with Gasteiger partial charge in [0.25, 0.3) is 5.91 Å². The quantitative estimate of drug-likeness (QED) is 0.742. The number of benzene rings is 1. The van der Waals surface area contributed by atoms with Gasteiger partial charge in [-0.15, -0.1) is 0 Å². The molecule has 11 heteroatoms. The zero-order chi connectivity index (χ0) is 18.9. The van der Waals surface area contributed by atoms with Crippen LogP contribution in [-0.2, 0) is 6.18 Å². The number of methoxy groups -OCH3 is 2. The van der Waals surface area contributed by atoms with Crippen molar-refractivity contribution in [3.63, 3.8) is 0 Å². The third-order valence-electron chi connectivity index (χ3n) is 3.25. The number of halogens is 3. The van der Waals surface area contributed by atoms with Crippen molar-refractivity contribution in [1.82, 2.24) is 15.0 Å². The van der Waals surface area contributed by atoms with Crippen LogP contribution in [0.25, 0.3) is 10.2 Å². The molecule has 0 saturated heterocycles. The Morgan fingerprint density at radius 2 is 1.96 bits per heavy atom. The van der Waals surface area contributed by atoms with Gasteiger partial charge in [0.1, 0.15) is 17.2 Å². The van der Waals surface area contributed by atoms with Gasteiger partial charge in [-0.2, -0.15) is 13.2 Å². The van der Waals surface area contributed by atoms with Crippen molar-refractivity contribution in [2.75, 3.05) is 19.5 Å². The zero-order valence-corrected chi connectivity index (χ0v) is 14.2. The summed E-state index contributed by atoms with van der Waals surface area (Å²) < 4.78 is 49.1. The van der Waals surface area contributed by atoms with E-state index in [-0.39, 0.29) is 5.13 Å². The maximum atomic E-state index is 12.7. The number of aromatic nitrogens is 3. The number of nitrogens with zero attached hydrogens (tertiary/aromatic N) is 3. The van der Waals surface area contributed by atoms with Crippen molar-refractivity contribution in [2.24, 2.45) is 0 Å². The van der Waals surface area contributed by atoms with Crippen LogP contribution in [0.15, 0.2) is 24.4 Å². The molecule has 3 rings (SSSR count). The summed E-state index contributed by atoms with van der Waals surface area (Å²) in [6, 6.07) is 3.98. The fourth-order valence-corrected chi connectivity index (χ4v) is 3.01. The zero-order valence-electron chi connectivity index (χ0n) is 13.4. The van der Waals surface area contributed by atoms with Crippen LogP contribution < -0.4 is 14.8 Å². The largest absolute Gasteiger partial charge is 0.497 e. The summed E-state index contributed by atoms with van der Waals surface area (Å²) >= 11 is 1.10. The number of ether oxygens (including phenoxy) is 2. The summed E-state index contributed by atoms with van der Waals surface area (Å²) in [6.07, 6.45) is -3.80. The van der Waals surface area contributed by atoms with Crippen LogP contribution in [0.3, 0.4) is 0 Å². The second-order valence-electron chi connectivity index (χ2n) is 4.91. The molecule has 1 amide bonds. The average Bonchev–Trinajstić information content (AvgIpc) is 3.02. The van der Waals surface area contributed by atoms with Gasteiger partial charge in [0.05, 0.1) is 24.4 Å². The Labute approximate surface area is 148 Å². The topological polar surface area (TPSA) is 86.2 Å². The Morgan fingerprint density at radius 1 is 1.19 bits per heavy atom. The van der Waals surface area contributed by atoms with E-state index in [1.54, 1.807) is 12.1 Å². The number of carbonyl (C=O) groups excluding carboxylic acids is 1. The smallest absolute Gasteiger partial charge is 0.433 e. The average molecular weight is 384 g/mol. The van der Waals surface area contributed by atoms with Crippen molar-refractivity contribution in [3.05, 3.63) is 35.9 Å². The number of thiazole rings is 1. The van der Waals surface area contributed by atoms with E-state index in [2.05, 4.69) is 20.3 Å². The van der Waals surface area contributed by atoms with Crippen LogP contribution in [-0.4, -0.2) is 35.1 Å². The Morgan fingerprint density at radius 3 is 2.62 bits per heavy atom. The molecule has 2 aromatic heterocycles. The van der Waals surface area contributed by atoms with Gasteiger partial charge in [0.15, 0.2) is 5.13 Å². The Kier molecular flexibility index (Phi) is 4.64. The molecular weight excluding hydrogens is 373 g/mol. The minimum atomic E-state index is -4.67. The third-order valence-corrected chi connectivity index (χ3v) is 4.26. The van der Waals surface area contributed by atoms with E-state index in [9.17, 15) is 18.0 Å². The Bertz CT molecular complexity index is 974. The molecule has 0 bridgehead atoms. The summed E-state index contributed by atoms with van der Waals surface area (Å²) in [5, 5.41) is 2.56. The predicted molar refractivity (Wildman–Crippen MR) is 87.7 cm³/mol. The maximum absolute atomic E-state index is 12.7. The van der Waals surface area contributed by atoms with Gasteiger partial charge in [-0.05, 0) is 6.07 Å². The highest BCUT2D eigenvalue weighted by Gasteiger charge is 2.33. The molecule has 3 aromatic rings. The number of alkyl halides is 3. The number of hydrogen-bond donors (Lipinski definition) is 1. The second-order valence-corrected chi connectivity index (χ2v) is 5.91. The first-order chi connectivity index (χ1) is 12.3. The fraction of sp³-hybridized carbons (Fsp3) is 0.200. The summed E-state index contributed by atoms with van der Waals surface area (Å²) in [4.78, 5) is 23.2. The van der Waals surface area contributed by atoms with Crippen LogP contribution >= 0.6 is 11.3 Å². The van der Waals surface area contributed by atoms with E-state index in [0.29, 0.717) is 27.8 Å². The van der Waals surface area contributed by atoms with Crippen LogP contribution in [0.5, 0.6) is 11.5 Å². The molecule has 136 valence electrons. The third kappa shape index (κ3) is 3.52. The summed E-state index contributed by atoms with van der Waals surface area (Å²) in [5.41, 5.74) is -0.695. The van der Waals surface area contributed by atoms with Gasteiger partial charge in [-0.25, -0.2) is 15.0 Å². The first kappa shape index (κ1) is 17.9. The van der Waals surface area contributed by atoms with Gasteiger partial charge < -0.3 is 9.47 Å². The normalized spacial score (nSPS) is 11.4. The van der Waals surface area contributed by atoms with E-state index in [1.807, 2.05) is 0 Å². The van der Waals surface area contributed by atoms with Gasteiger partial charge in [0.2, 0.25) is 5.82 Å². The molecule has 0 spiro atoms. The van der Waals surface area contributed by atoms with E-state index in [0.717, 1.165) is 17.5 Å². The number of anilines is 1. The maximum Gasteiger partial charge on any atom is 0.433 e. The molecule has 0 saturated carbocycles. The van der Waals surface area contributed by atoms with Crippen molar-refractivity contribution in [2.45, 2.75) is 6.18 Å². The molecule has 7 nitrogen and oxygen atoms in total.